The molecule has 1 heterocycles. The predicted molar refractivity (Wildman–Crippen MR) is 106 cm³/mol. The Labute approximate surface area is 178 Å². The van der Waals surface area contributed by atoms with E-state index in [2.05, 4.69) is 10.2 Å². The Morgan fingerprint density at radius 3 is 2.50 bits per heavy atom. The van der Waals surface area contributed by atoms with E-state index in [4.69, 9.17) is 11.6 Å². The highest BCUT2D eigenvalue weighted by Crippen LogP contribution is 2.34. The fourth-order valence-electron chi connectivity index (χ4n) is 2.56. The Kier molecular flexibility index (Phi) is 6.67. The molecule has 1 unspecified atom stereocenters. The second-order valence-electron chi connectivity index (χ2n) is 6.17. The highest BCUT2D eigenvalue weighted by Gasteiger charge is 2.30. The fraction of sp³-hybridized carbons (Fsp3) is 0.211. The molecule has 0 aliphatic rings. The number of aromatic nitrogens is 3. The van der Waals surface area contributed by atoms with E-state index in [9.17, 15) is 22.4 Å². The molecule has 30 heavy (non-hydrogen) atoms. The van der Waals surface area contributed by atoms with Crippen LogP contribution in [-0.2, 0) is 4.79 Å². The van der Waals surface area contributed by atoms with Crippen LogP contribution >= 0.6 is 23.4 Å². The van der Waals surface area contributed by atoms with Crippen molar-refractivity contribution >= 4 is 29.3 Å². The third kappa shape index (κ3) is 5.11. The van der Waals surface area contributed by atoms with Crippen molar-refractivity contribution in [3.8, 4) is 17.1 Å². The van der Waals surface area contributed by atoms with E-state index >= 15 is 0 Å². The van der Waals surface area contributed by atoms with Crippen LogP contribution in [0, 0.1) is 5.82 Å². The SMILES string of the molecule is CC(Sc1nnc(-c2ccccc2Cl)n1-c1ccccc1F)C(=O)NCC(F)(F)F. The second-order valence-corrected chi connectivity index (χ2v) is 7.88. The molecule has 0 saturated carbocycles. The average molecular weight is 459 g/mol. The van der Waals surface area contributed by atoms with E-state index in [1.165, 1.54) is 29.7 Å². The maximum atomic E-state index is 14.6. The number of nitrogens with zero attached hydrogens (tertiary/aromatic N) is 3. The van der Waals surface area contributed by atoms with Crippen LogP contribution in [0.15, 0.2) is 53.7 Å². The minimum atomic E-state index is -4.52. The van der Waals surface area contributed by atoms with Crippen molar-refractivity contribution < 1.29 is 22.4 Å². The Bertz CT molecular complexity index is 1060. The number of rotatable bonds is 6. The molecule has 0 spiro atoms. The van der Waals surface area contributed by atoms with Crippen molar-refractivity contribution in [1.29, 1.82) is 0 Å². The van der Waals surface area contributed by atoms with Crippen LogP contribution in [0.25, 0.3) is 17.1 Å². The molecule has 0 saturated heterocycles. The van der Waals surface area contributed by atoms with Crippen LogP contribution in [0.1, 0.15) is 6.92 Å². The minimum Gasteiger partial charge on any atom is -0.346 e. The molecular formula is C19H15ClF4N4OS. The van der Waals surface area contributed by atoms with Gasteiger partial charge in [0.05, 0.1) is 16.0 Å². The molecule has 1 N–H and O–H groups in total. The van der Waals surface area contributed by atoms with Crippen LogP contribution < -0.4 is 5.32 Å². The minimum absolute atomic E-state index is 0.114. The lowest BCUT2D eigenvalue weighted by molar-refractivity contribution is -0.137. The summed E-state index contributed by atoms with van der Waals surface area (Å²) in [6, 6.07) is 12.6. The van der Waals surface area contributed by atoms with Gasteiger partial charge in [0, 0.05) is 5.56 Å². The molecule has 11 heteroatoms. The van der Waals surface area contributed by atoms with Gasteiger partial charge in [-0.25, -0.2) is 4.39 Å². The fourth-order valence-corrected chi connectivity index (χ4v) is 3.66. The predicted octanol–water partition coefficient (Wildman–Crippen LogP) is 4.89. The van der Waals surface area contributed by atoms with Crippen LogP contribution in [-0.4, -0.2) is 38.6 Å². The maximum absolute atomic E-state index is 14.6. The Morgan fingerprint density at radius 2 is 1.83 bits per heavy atom. The summed E-state index contributed by atoms with van der Waals surface area (Å²) in [7, 11) is 0. The zero-order valence-electron chi connectivity index (χ0n) is 15.5. The third-order valence-corrected chi connectivity index (χ3v) is 5.33. The van der Waals surface area contributed by atoms with Crippen molar-refractivity contribution in [2.45, 2.75) is 23.5 Å². The standard InChI is InChI=1S/C19H15ClF4N4OS/c1-11(17(29)25-10-19(22,23)24)30-18-27-26-16(12-6-2-3-7-13(12)20)28(18)15-9-5-4-8-14(15)21/h2-9,11H,10H2,1H3,(H,25,29). The van der Waals surface area contributed by atoms with E-state index in [0.717, 1.165) is 11.8 Å². The molecule has 0 fully saturated rings. The molecule has 2 aromatic carbocycles. The molecular weight excluding hydrogens is 444 g/mol. The molecule has 0 bridgehead atoms. The van der Waals surface area contributed by atoms with Gasteiger partial charge in [0.2, 0.25) is 5.91 Å². The van der Waals surface area contributed by atoms with Gasteiger partial charge in [0.1, 0.15) is 12.4 Å². The first-order valence-electron chi connectivity index (χ1n) is 8.63. The number of carbonyl (C=O) groups excluding carboxylic acids is 1. The maximum Gasteiger partial charge on any atom is 0.405 e. The lowest BCUT2D eigenvalue weighted by atomic mass is 10.2. The lowest BCUT2D eigenvalue weighted by Gasteiger charge is -2.15. The zero-order chi connectivity index (χ0) is 21.9. The Morgan fingerprint density at radius 1 is 1.17 bits per heavy atom. The molecule has 1 atom stereocenters. The Hall–Kier alpha value is -2.59. The molecule has 3 rings (SSSR count). The van der Waals surface area contributed by atoms with Crippen molar-refractivity contribution in [2.75, 3.05) is 6.54 Å². The quantitative estimate of drug-likeness (QED) is 0.422. The third-order valence-electron chi connectivity index (χ3n) is 3.96. The van der Waals surface area contributed by atoms with Gasteiger partial charge >= 0.3 is 6.18 Å². The summed E-state index contributed by atoms with van der Waals surface area (Å²) < 4.78 is 53.0. The van der Waals surface area contributed by atoms with Crippen molar-refractivity contribution in [3.05, 3.63) is 59.4 Å². The first kappa shape index (κ1) is 22.1. The normalized spacial score (nSPS) is 12.6. The van der Waals surface area contributed by atoms with Crippen LogP contribution in [0.3, 0.4) is 0 Å². The molecule has 0 aliphatic heterocycles. The highest BCUT2D eigenvalue weighted by atomic mass is 35.5. The van der Waals surface area contributed by atoms with Gasteiger partial charge < -0.3 is 5.32 Å². The summed E-state index contributed by atoms with van der Waals surface area (Å²) >= 11 is 7.11. The number of nitrogens with one attached hydrogen (secondary N) is 1. The van der Waals surface area contributed by atoms with Crippen LogP contribution in [0.2, 0.25) is 5.02 Å². The molecule has 5 nitrogen and oxygen atoms in total. The molecule has 3 aromatic rings. The monoisotopic (exact) mass is 458 g/mol. The summed E-state index contributed by atoms with van der Waals surface area (Å²) in [5.74, 6) is -1.17. The zero-order valence-corrected chi connectivity index (χ0v) is 17.0. The molecule has 0 radical (unpaired) electrons. The topological polar surface area (TPSA) is 59.8 Å². The van der Waals surface area contributed by atoms with Crippen LogP contribution in [0.5, 0.6) is 0 Å². The number of halogens is 5. The number of alkyl halides is 3. The number of thioether (sulfide) groups is 1. The molecule has 1 aromatic heterocycles. The number of carbonyl (C=O) groups is 1. The van der Waals surface area contributed by atoms with Gasteiger partial charge in [-0.1, -0.05) is 47.6 Å². The first-order valence-corrected chi connectivity index (χ1v) is 9.89. The summed E-state index contributed by atoms with van der Waals surface area (Å²) in [6.45, 7) is -0.0203. The summed E-state index contributed by atoms with van der Waals surface area (Å²) in [5, 5.41) is 9.49. The highest BCUT2D eigenvalue weighted by molar-refractivity contribution is 8.00. The first-order chi connectivity index (χ1) is 14.2. The molecule has 1 amide bonds. The van der Waals surface area contributed by atoms with Crippen molar-refractivity contribution in [1.82, 2.24) is 20.1 Å². The van der Waals surface area contributed by atoms with Crippen molar-refractivity contribution in [3.63, 3.8) is 0 Å². The van der Waals surface area contributed by atoms with Gasteiger partial charge in [-0.3, -0.25) is 9.36 Å². The van der Waals surface area contributed by atoms with E-state index in [1.807, 2.05) is 5.32 Å². The lowest BCUT2D eigenvalue weighted by Crippen LogP contribution is -2.38. The number of para-hydroxylation sites is 1. The average Bonchev–Trinajstić information content (AvgIpc) is 3.09. The second kappa shape index (κ2) is 9.05. The van der Waals surface area contributed by atoms with E-state index in [0.29, 0.717) is 10.6 Å². The Balaban J connectivity index is 1.99. The van der Waals surface area contributed by atoms with Gasteiger partial charge in [-0.2, -0.15) is 13.2 Å². The number of amides is 1. The van der Waals surface area contributed by atoms with Crippen molar-refractivity contribution in [2.24, 2.45) is 0 Å². The van der Waals surface area contributed by atoms with E-state index in [-0.39, 0.29) is 16.7 Å². The largest absolute Gasteiger partial charge is 0.405 e. The number of benzene rings is 2. The summed E-state index contributed by atoms with van der Waals surface area (Å²) in [6.07, 6.45) is -4.52. The number of hydrogen-bond donors (Lipinski definition) is 1. The summed E-state index contributed by atoms with van der Waals surface area (Å²) in [5.41, 5.74) is 0.596. The van der Waals surface area contributed by atoms with Gasteiger partial charge in [-0.15, -0.1) is 10.2 Å². The van der Waals surface area contributed by atoms with E-state index in [1.54, 1.807) is 30.3 Å². The van der Waals surface area contributed by atoms with Gasteiger partial charge in [0.15, 0.2) is 11.0 Å². The van der Waals surface area contributed by atoms with E-state index < -0.39 is 29.7 Å². The van der Waals surface area contributed by atoms with Gasteiger partial charge in [0.25, 0.3) is 0 Å². The smallest absolute Gasteiger partial charge is 0.346 e. The molecule has 158 valence electrons. The van der Waals surface area contributed by atoms with Gasteiger partial charge in [-0.05, 0) is 31.2 Å². The van der Waals surface area contributed by atoms with Crippen LogP contribution in [0.4, 0.5) is 17.6 Å². The summed E-state index contributed by atoms with van der Waals surface area (Å²) in [4.78, 5) is 12.1. The molecule has 0 aliphatic carbocycles. The number of hydrogen-bond acceptors (Lipinski definition) is 4.